The van der Waals surface area contributed by atoms with Gasteiger partial charge in [0.1, 0.15) is 11.2 Å². The molecule has 7 nitrogen and oxygen atoms in total. The monoisotopic (exact) mass is 381 g/mol. The lowest BCUT2D eigenvalue weighted by atomic mass is 10.2. The molecule has 0 aliphatic carbocycles. The molecular formula is C21H27N5O2. The number of amides is 1. The van der Waals surface area contributed by atoms with Gasteiger partial charge in [0.25, 0.3) is 5.56 Å². The first-order chi connectivity index (χ1) is 13.4. The second-order valence-electron chi connectivity index (χ2n) is 7.16. The van der Waals surface area contributed by atoms with E-state index in [0.29, 0.717) is 23.4 Å². The molecule has 0 fully saturated rings. The Morgan fingerprint density at radius 3 is 2.57 bits per heavy atom. The van der Waals surface area contributed by atoms with Gasteiger partial charge in [-0.25, -0.2) is 9.67 Å². The number of fused-ring (bicyclic) bond motifs is 1. The summed E-state index contributed by atoms with van der Waals surface area (Å²) in [4.78, 5) is 31.6. The molecule has 1 amide bonds. The minimum absolute atomic E-state index is 0.0372. The van der Waals surface area contributed by atoms with Crippen LogP contribution in [0, 0.1) is 13.8 Å². The average molecular weight is 381 g/mol. The number of hydrogen-bond acceptors (Lipinski definition) is 4. The Kier molecular flexibility index (Phi) is 5.92. The maximum absolute atomic E-state index is 12.9. The largest absolute Gasteiger partial charge is 0.346 e. The van der Waals surface area contributed by atoms with Crippen LogP contribution < -0.4 is 5.56 Å². The topological polar surface area (TPSA) is 73.0 Å². The van der Waals surface area contributed by atoms with Gasteiger partial charge in [-0.3, -0.25) is 14.2 Å². The Hall–Kier alpha value is -2.96. The van der Waals surface area contributed by atoms with E-state index >= 15 is 0 Å². The van der Waals surface area contributed by atoms with Crippen LogP contribution in [0.15, 0.2) is 35.3 Å². The molecule has 2 aromatic heterocycles. The first kappa shape index (κ1) is 19.8. The van der Waals surface area contributed by atoms with Crippen LogP contribution in [0.5, 0.6) is 0 Å². The summed E-state index contributed by atoms with van der Waals surface area (Å²) in [6, 6.07) is 7.90. The maximum atomic E-state index is 12.9. The van der Waals surface area contributed by atoms with Gasteiger partial charge in [-0.1, -0.05) is 31.0 Å². The molecule has 3 aromatic rings. The van der Waals surface area contributed by atoms with Crippen LogP contribution in [0.2, 0.25) is 0 Å². The van der Waals surface area contributed by atoms with Gasteiger partial charge in [-0.05, 0) is 32.4 Å². The smallest absolute Gasteiger partial charge is 0.264 e. The summed E-state index contributed by atoms with van der Waals surface area (Å²) in [7, 11) is 1.81. The van der Waals surface area contributed by atoms with Crippen molar-refractivity contribution >= 4 is 16.9 Å². The summed E-state index contributed by atoms with van der Waals surface area (Å²) in [6.45, 7) is 6.97. The normalized spacial score (nSPS) is 11.1. The Labute approximate surface area is 164 Å². The van der Waals surface area contributed by atoms with Crippen molar-refractivity contribution in [3.63, 3.8) is 0 Å². The Morgan fingerprint density at radius 2 is 1.89 bits per heavy atom. The maximum Gasteiger partial charge on any atom is 0.264 e. The van der Waals surface area contributed by atoms with E-state index in [-0.39, 0.29) is 17.9 Å². The molecule has 7 heteroatoms. The number of unbranched alkanes of at least 4 members (excludes halogenated alkanes) is 1. The summed E-state index contributed by atoms with van der Waals surface area (Å²) in [6.07, 6.45) is 3.85. The molecular weight excluding hydrogens is 354 g/mol. The lowest BCUT2D eigenvalue weighted by Gasteiger charge is -2.17. The molecule has 0 aliphatic heterocycles. The van der Waals surface area contributed by atoms with E-state index in [2.05, 4.69) is 17.0 Å². The fourth-order valence-corrected chi connectivity index (χ4v) is 3.16. The van der Waals surface area contributed by atoms with Crippen molar-refractivity contribution in [3.8, 4) is 5.69 Å². The van der Waals surface area contributed by atoms with E-state index in [1.54, 1.807) is 34.3 Å². The van der Waals surface area contributed by atoms with Crippen LogP contribution >= 0.6 is 0 Å². The lowest BCUT2D eigenvalue weighted by Crippen LogP contribution is -2.31. The molecule has 0 saturated carbocycles. The van der Waals surface area contributed by atoms with E-state index in [1.807, 2.05) is 31.2 Å². The number of nitrogens with zero attached hydrogens (tertiary/aromatic N) is 5. The number of carbonyl (C=O) groups excluding carboxylic acids is 1. The number of benzene rings is 1. The molecule has 0 aliphatic rings. The summed E-state index contributed by atoms with van der Waals surface area (Å²) in [5, 5.41) is 4.82. The lowest BCUT2D eigenvalue weighted by molar-refractivity contribution is -0.130. The van der Waals surface area contributed by atoms with E-state index in [0.717, 1.165) is 30.6 Å². The van der Waals surface area contributed by atoms with Crippen molar-refractivity contribution in [3.05, 3.63) is 52.2 Å². The first-order valence-corrected chi connectivity index (χ1v) is 9.68. The highest BCUT2D eigenvalue weighted by atomic mass is 16.2. The van der Waals surface area contributed by atoms with Crippen molar-refractivity contribution in [2.24, 2.45) is 0 Å². The van der Waals surface area contributed by atoms with Crippen LogP contribution in [0.1, 0.15) is 37.6 Å². The van der Waals surface area contributed by atoms with Crippen LogP contribution in [0.3, 0.4) is 0 Å². The number of rotatable bonds is 7. The summed E-state index contributed by atoms with van der Waals surface area (Å²) < 4.78 is 3.24. The van der Waals surface area contributed by atoms with Crippen molar-refractivity contribution in [2.45, 2.75) is 46.6 Å². The zero-order valence-corrected chi connectivity index (χ0v) is 17.0. The third-order valence-electron chi connectivity index (χ3n) is 4.98. The Balaban J connectivity index is 1.87. The van der Waals surface area contributed by atoms with Gasteiger partial charge < -0.3 is 4.90 Å². The molecule has 0 saturated heterocycles. The van der Waals surface area contributed by atoms with Crippen molar-refractivity contribution in [1.82, 2.24) is 24.2 Å². The zero-order valence-electron chi connectivity index (χ0n) is 17.0. The fraction of sp³-hybridized carbons (Fsp3) is 0.429. The SMILES string of the molecule is CCCCN(C)C(=O)CCn1c(C)nc2c(cnn2-c2ccc(C)cc2)c1=O. The first-order valence-electron chi connectivity index (χ1n) is 9.68. The van der Waals surface area contributed by atoms with Crippen molar-refractivity contribution in [2.75, 3.05) is 13.6 Å². The Morgan fingerprint density at radius 1 is 1.18 bits per heavy atom. The van der Waals surface area contributed by atoms with E-state index < -0.39 is 0 Å². The van der Waals surface area contributed by atoms with Gasteiger partial charge in [-0.2, -0.15) is 5.10 Å². The number of hydrogen-bond donors (Lipinski definition) is 0. The van der Waals surface area contributed by atoms with E-state index in [1.165, 1.54) is 0 Å². The van der Waals surface area contributed by atoms with Crippen LogP contribution in [0.4, 0.5) is 0 Å². The molecule has 3 rings (SSSR count). The van der Waals surface area contributed by atoms with Crippen LogP contribution in [0.25, 0.3) is 16.7 Å². The van der Waals surface area contributed by atoms with E-state index in [4.69, 9.17) is 0 Å². The highest BCUT2D eigenvalue weighted by molar-refractivity contribution is 5.76. The second kappa shape index (κ2) is 8.37. The third kappa shape index (κ3) is 3.98. The van der Waals surface area contributed by atoms with Crippen LogP contribution in [-0.2, 0) is 11.3 Å². The molecule has 0 N–H and O–H groups in total. The van der Waals surface area contributed by atoms with Gasteiger partial charge in [0.15, 0.2) is 5.65 Å². The predicted octanol–water partition coefficient (Wildman–Crippen LogP) is 2.85. The fourth-order valence-electron chi connectivity index (χ4n) is 3.16. The predicted molar refractivity (Wildman–Crippen MR) is 110 cm³/mol. The van der Waals surface area contributed by atoms with Gasteiger partial charge >= 0.3 is 0 Å². The zero-order chi connectivity index (χ0) is 20.3. The third-order valence-corrected chi connectivity index (χ3v) is 4.98. The minimum Gasteiger partial charge on any atom is -0.346 e. The number of aryl methyl sites for hydroxylation is 2. The molecule has 0 unspecified atom stereocenters. The number of aromatic nitrogens is 4. The second-order valence-corrected chi connectivity index (χ2v) is 7.16. The standard InChI is InChI=1S/C21H27N5O2/c1-5-6-12-24(4)19(27)11-13-25-16(3)23-20-18(21(25)28)14-22-26(20)17-9-7-15(2)8-10-17/h7-10,14H,5-6,11-13H2,1-4H3. The molecule has 0 atom stereocenters. The quantitative estimate of drug-likeness (QED) is 0.631. The molecule has 0 bridgehead atoms. The Bertz CT molecular complexity index is 1030. The molecule has 0 radical (unpaired) electrons. The molecule has 0 spiro atoms. The van der Waals surface area contributed by atoms with Gasteiger partial charge in [0.2, 0.25) is 5.91 Å². The average Bonchev–Trinajstić information content (AvgIpc) is 3.10. The minimum atomic E-state index is -0.162. The molecule has 1 aromatic carbocycles. The molecule has 28 heavy (non-hydrogen) atoms. The molecule has 148 valence electrons. The summed E-state index contributed by atoms with van der Waals surface area (Å²) in [5.41, 5.74) is 2.39. The van der Waals surface area contributed by atoms with Crippen LogP contribution in [-0.4, -0.2) is 43.7 Å². The highest BCUT2D eigenvalue weighted by Crippen LogP contribution is 2.15. The summed E-state index contributed by atoms with van der Waals surface area (Å²) >= 11 is 0. The highest BCUT2D eigenvalue weighted by Gasteiger charge is 2.16. The number of carbonyl (C=O) groups is 1. The molecule has 2 heterocycles. The van der Waals surface area contributed by atoms with Crippen molar-refractivity contribution < 1.29 is 4.79 Å². The van der Waals surface area contributed by atoms with E-state index in [9.17, 15) is 9.59 Å². The van der Waals surface area contributed by atoms with Crippen molar-refractivity contribution in [1.29, 1.82) is 0 Å². The summed E-state index contributed by atoms with van der Waals surface area (Å²) in [5.74, 6) is 0.616. The van der Waals surface area contributed by atoms with Gasteiger partial charge in [0.05, 0.1) is 11.9 Å². The van der Waals surface area contributed by atoms with Gasteiger partial charge in [-0.15, -0.1) is 0 Å². The van der Waals surface area contributed by atoms with Gasteiger partial charge in [0, 0.05) is 26.6 Å².